The van der Waals surface area contributed by atoms with E-state index in [1.54, 1.807) is 0 Å². The smallest absolute Gasteiger partial charge is 0.139 e. The lowest BCUT2D eigenvalue weighted by atomic mass is 9.97. The van der Waals surface area contributed by atoms with Crippen LogP contribution in [0.1, 0.15) is 0 Å². The first-order chi connectivity index (χ1) is 4.79. The Bertz CT molecular complexity index is 198. The highest BCUT2D eigenvalue weighted by Gasteiger charge is 1.82. The van der Waals surface area contributed by atoms with Crippen LogP contribution in [0.3, 0.4) is 0 Å². The molecule has 2 nitrogen and oxygen atoms in total. The van der Waals surface area contributed by atoms with Gasteiger partial charge in [0.15, 0.2) is 0 Å². The van der Waals surface area contributed by atoms with Crippen molar-refractivity contribution in [2.24, 2.45) is 0 Å². The van der Waals surface area contributed by atoms with E-state index in [0.717, 1.165) is 5.02 Å². The Morgan fingerprint density at radius 1 is 0.857 bits per heavy atom. The normalized spacial score (nSPS) is 5.36. The van der Waals surface area contributed by atoms with Gasteiger partial charge in [0, 0.05) is 15.8 Å². The van der Waals surface area contributed by atoms with Crippen LogP contribution in [-0.4, -0.2) is 7.85 Å². The first-order valence-corrected chi connectivity index (χ1v) is 3.09. The number of benzene rings is 1. The summed E-state index contributed by atoms with van der Waals surface area (Å²) in [7, 11) is 2.04. The third kappa shape index (κ3) is 13.3. The second-order valence-electron chi connectivity index (χ2n) is 1.80. The average molecular weight is 232 g/mol. The molecule has 0 fully saturated rings. The van der Waals surface area contributed by atoms with E-state index in [0.29, 0.717) is 0 Å². The van der Waals surface area contributed by atoms with Crippen LogP contribution in [0.2, 0.25) is 5.02 Å². The quantitative estimate of drug-likeness (QED) is 0.384. The van der Waals surface area contributed by atoms with Gasteiger partial charge in [-0.25, -0.2) is 0 Å². The van der Waals surface area contributed by atoms with Crippen molar-refractivity contribution >= 4 is 24.9 Å². The number of rotatable bonds is 0. The van der Waals surface area contributed by atoms with Crippen molar-refractivity contribution in [3.63, 3.8) is 0 Å². The molecule has 0 bridgehead atoms. The fourth-order valence-corrected chi connectivity index (χ4v) is 0.659. The lowest BCUT2D eigenvalue weighted by molar-refractivity contribution is 1.11. The van der Waals surface area contributed by atoms with Crippen LogP contribution in [0, 0.1) is 10.8 Å². The largest absolute Gasteiger partial charge is 0.269 e. The molecule has 0 N–H and O–H groups in total. The van der Waals surface area contributed by atoms with E-state index in [4.69, 9.17) is 22.4 Å². The summed E-state index contributed by atoms with van der Waals surface area (Å²) in [6.07, 6.45) is 0. The molecule has 0 saturated heterocycles. The highest BCUT2D eigenvalue weighted by Crippen LogP contribution is 2.02. The maximum absolute atomic E-state index is 6.00. The zero-order chi connectivity index (χ0) is 7.98. The summed E-state index contributed by atoms with van der Waals surface area (Å²) in [5, 5.41) is 12.8. The summed E-state index contributed by atoms with van der Waals surface area (Å²) in [5.41, 5.74) is 1.24. The fraction of sp³-hybridized carbons (Fsp3) is 0. The highest BCUT2D eigenvalue weighted by molar-refractivity contribution is 6.34. The molecule has 0 radical (unpaired) electrons. The van der Waals surface area contributed by atoms with Crippen molar-refractivity contribution in [2.45, 2.75) is 0 Å². The lowest BCUT2D eigenvalue weighted by Crippen LogP contribution is -1.97. The van der Waals surface area contributed by atoms with Crippen LogP contribution >= 0.6 is 11.6 Å². The monoisotopic (exact) mass is 232 g/mol. The van der Waals surface area contributed by atoms with Crippen LogP contribution in [0.15, 0.2) is 24.3 Å². The van der Waals surface area contributed by atoms with Gasteiger partial charge < -0.3 is 0 Å². The van der Waals surface area contributed by atoms with Crippen molar-refractivity contribution in [3.8, 4) is 0 Å². The molecule has 0 aromatic heterocycles. The minimum absolute atomic E-state index is 0. The standard InChI is InChI=1S/C6H6BCl.4FH.N2/c7-5-1-3-6(8)4-2-5;;;;;1-2/h1-4H,7H2;4*1H;. The minimum Gasteiger partial charge on any atom is -0.269 e. The molecule has 0 amide bonds. The third-order valence-corrected chi connectivity index (χ3v) is 1.26. The molecular formula is C6H10BClF4N2. The van der Waals surface area contributed by atoms with E-state index >= 15 is 0 Å². The Morgan fingerprint density at radius 3 is 1.36 bits per heavy atom. The van der Waals surface area contributed by atoms with E-state index in [2.05, 4.69) is 0 Å². The zero-order valence-electron chi connectivity index (χ0n) is 7.21. The van der Waals surface area contributed by atoms with Gasteiger partial charge in [-0.2, -0.15) is 0 Å². The first kappa shape index (κ1) is 29.3. The predicted molar refractivity (Wildman–Crippen MR) is 53.1 cm³/mol. The van der Waals surface area contributed by atoms with Crippen LogP contribution < -0.4 is 5.46 Å². The molecule has 0 saturated carbocycles. The van der Waals surface area contributed by atoms with Gasteiger partial charge in [0.1, 0.15) is 7.85 Å². The summed E-state index contributed by atoms with van der Waals surface area (Å²) in [6.45, 7) is 0. The van der Waals surface area contributed by atoms with Gasteiger partial charge in [-0.1, -0.05) is 29.2 Å². The third-order valence-electron chi connectivity index (χ3n) is 1.01. The van der Waals surface area contributed by atoms with Gasteiger partial charge in [-0.05, 0) is 12.1 Å². The number of halogens is 5. The second-order valence-corrected chi connectivity index (χ2v) is 2.23. The molecule has 0 unspecified atom stereocenters. The summed E-state index contributed by atoms with van der Waals surface area (Å²) in [4.78, 5) is 0. The van der Waals surface area contributed by atoms with Crippen LogP contribution in [-0.2, 0) is 0 Å². The maximum Gasteiger partial charge on any atom is 0.139 e. The molecule has 1 aromatic carbocycles. The summed E-state index contributed by atoms with van der Waals surface area (Å²) in [5.74, 6) is 0. The molecule has 0 aliphatic heterocycles. The van der Waals surface area contributed by atoms with E-state index in [1.165, 1.54) is 5.46 Å². The van der Waals surface area contributed by atoms with Crippen molar-refractivity contribution in [3.05, 3.63) is 29.3 Å². The number of nitrogens with zero attached hydrogens (tertiary/aromatic N) is 2. The van der Waals surface area contributed by atoms with Gasteiger partial charge in [0.25, 0.3) is 0 Å². The van der Waals surface area contributed by atoms with E-state index < -0.39 is 0 Å². The first-order valence-electron chi connectivity index (χ1n) is 2.71. The van der Waals surface area contributed by atoms with Gasteiger partial charge in [-0.15, -0.1) is 0 Å². The van der Waals surface area contributed by atoms with Crippen molar-refractivity contribution in [2.75, 3.05) is 0 Å². The summed E-state index contributed by atoms with van der Waals surface area (Å²) < 4.78 is 0. The van der Waals surface area contributed by atoms with Gasteiger partial charge >= 0.3 is 0 Å². The van der Waals surface area contributed by atoms with Crippen LogP contribution in [0.4, 0.5) is 18.8 Å². The topological polar surface area (TPSA) is 47.6 Å². The van der Waals surface area contributed by atoms with Crippen molar-refractivity contribution < 1.29 is 18.8 Å². The summed E-state index contributed by atoms with van der Waals surface area (Å²) >= 11 is 5.61. The number of hydrogen-bond acceptors (Lipinski definition) is 2. The Morgan fingerprint density at radius 2 is 1.14 bits per heavy atom. The minimum atomic E-state index is 0. The molecular weight excluding hydrogens is 222 g/mol. The van der Waals surface area contributed by atoms with Crippen molar-refractivity contribution in [1.29, 1.82) is 10.8 Å². The Hall–Kier alpha value is -1.29. The van der Waals surface area contributed by atoms with Crippen LogP contribution in [0.25, 0.3) is 0 Å². The van der Waals surface area contributed by atoms with Gasteiger partial charge in [-0.3, -0.25) is 18.8 Å². The van der Waals surface area contributed by atoms with E-state index in [-0.39, 0.29) is 18.8 Å². The predicted octanol–water partition coefficient (Wildman–Crippen LogP) is 1.24. The Labute approximate surface area is 84.6 Å². The molecule has 0 aliphatic rings. The zero-order valence-corrected chi connectivity index (χ0v) is 7.97. The lowest BCUT2D eigenvalue weighted by Gasteiger charge is -1.88. The molecule has 0 spiro atoms. The molecule has 0 atom stereocenters. The molecule has 0 heterocycles. The van der Waals surface area contributed by atoms with Gasteiger partial charge in [0.2, 0.25) is 0 Å². The van der Waals surface area contributed by atoms with E-state index in [1.807, 2.05) is 32.1 Å². The Balaban J connectivity index is -0.0000000425. The van der Waals surface area contributed by atoms with Crippen molar-refractivity contribution in [1.82, 2.24) is 0 Å². The van der Waals surface area contributed by atoms with Gasteiger partial charge in [0.05, 0.1) is 0 Å². The highest BCUT2D eigenvalue weighted by atomic mass is 35.5. The molecule has 8 heteroatoms. The average Bonchev–Trinajstić information content (AvgIpc) is 2.00. The van der Waals surface area contributed by atoms with Crippen LogP contribution in [0.5, 0.6) is 0 Å². The Kier molecular flexibility index (Phi) is 37.1. The SMILES string of the molecule is Bc1ccc(Cl)cc1.F.F.F.F.N#N. The fourth-order valence-electron chi connectivity index (χ4n) is 0.533. The maximum atomic E-state index is 6.00. The second kappa shape index (κ2) is 17.7. The molecule has 0 aliphatic carbocycles. The molecule has 82 valence electrons. The summed E-state index contributed by atoms with van der Waals surface area (Å²) in [6, 6.07) is 7.75. The number of hydrogen-bond donors (Lipinski definition) is 0. The molecule has 1 aromatic rings. The molecule has 1 rings (SSSR count). The molecule has 14 heavy (non-hydrogen) atoms. The van der Waals surface area contributed by atoms with E-state index in [9.17, 15) is 0 Å².